The molecular formula is C20H28FN3O3. The third-order valence-corrected chi connectivity index (χ3v) is 5.55. The van der Waals surface area contributed by atoms with E-state index in [-0.39, 0.29) is 23.0 Å². The van der Waals surface area contributed by atoms with Gasteiger partial charge < -0.3 is 15.0 Å². The van der Waals surface area contributed by atoms with Crippen molar-refractivity contribution in [1.29, 1.82) is 0 Å². The van der Waals surface area contributed by atoms with E-state index in [4.69, 9.17) is 4.74 Å². The fraction of sp³-hybridized carbons (Fsp3) is 0.600. The van der Waals surface area contributed by atoms with Crippen LogP contribution in [0.3, 0.4) is 0 Å². The topological polar surface area (TPSA) is 61.9 Å². The van der Waals surface area contributed by atoms with Crippen molar-refractivity contribution in [3.05, 3.63) is 30.1 Å². The lowest BCUT2D eigenvalue weighted by Crippen LogP contribution is -2.55. The Balaban J connectivity index is 1.56. The average molecular weight is 377 g/mol. The van der Waals surface area contributed by atoms with E-state index in [0.717, 1.165) is 38.9 Å². The number of amides is 2. The largest absolute Gasteiger partial charge is 0.383 e. The molecule has 0 unspecified atom stereocenters. The molecule has 1 N–H and O–H groups in total. The summed E-state index contributed by atoms with van der Waals surface area (Å²) < 4.78 is 18.1. The number of halogens is 1. The van der Waals surface area contributed by atoms with Crippen molar-refractivity contribution in [2.45, 2.75) is 25.7 Å². The second kappa shape index (κ2) is 8.80. The van der Waals surface area contributed by atoms with E-state index in [2.05, 4.69) is 10.2 Å². The van der Waals surface area contributed by atoms with Gasteiger partial charge in [0.25, 0.3) is 0 Å². The summed E-state index contributed by atoms with van der Waals surface area (Å²) >= 11 is 0. The number of hydrogen-bond acceptors (Lipinski definition) is 4. The van der Waals surface area contributed by atoms with Crippen molar-refractivity contribution in [2.75, 3.05) is 51.8 Å². The van der Waals surface area contributed by atoms with Gasteiger partial charge in [-0.3, -0.25) is 14.5 Å². The summed E-state index contributed by atoms with van der Waals surface area (Å²) in [5.41, 5.74) is 0.665. The molecule has 1 aromatic rings. The highest BCUT2D eigenvalue weighted by Gasteiger charge is 2.41. The molecule has 148 valence electrons. The molecule has 2 amide bonds. The molecule has 27 heavy (non-hydrogen) atoms. The third-order valence-electron chi connectivity index (χ3n) is 5.55. The minimum atomic E-state index is -0.323. The van der Waals surface area contributed by atoms with E-state index in [0.29, 0.717) is 31.8 Å². The Morgan fingerprint density at radius 2 is 2.04 bits per heavy atom. The molecule has 0 bridgehead atoms. The number of carbonyl (C=O) groups is 2. The van der Waals surface area contributed by atoms with Crippen molar-refractivity contribution in [1.82, 2.24) is 9.80 Å². The zero-order valence-electron chi connectivity index (χ0n) is 15.9. The van der Waals surface area contributed by atoms with Crippen LogP contribution in [0.5, 0.6) is 0 Å². The van der Waals surface area contributed by atoms with Crippen molar-refractivity contribution in [3.8, 4) is 0 Å². The molecule has 2 aliphatic rings. The van der Waals surface area contributed by atoms with Gasteiger partial charge in [0, 0.05) is 44.3 Å². The Morgan fingerprint density at radius 1 is 1.26 bits per heavy atom. The maximum Gasteiger partial charge on any atom is 0.238 e. The highest BCUT2D eigenvalue weighted by Crippen LogP contribution is 2.38. The average Bonchev–Trinajstić information content (AvgIpc) is 2.65. The molecule has 2 heterocycles. The highest BCUT2D eigenvalue weighted by atomic mass is 19.1. The van der Waals surface area contributed by atoms with Crippen LogP contribution in [-0.4, -0.2) is 68.1 Å². The van der Waals surface area contributed by atoms with E-state index in [1.54, 1.807) is 19.2 Å². The monoisotopic (exact) mass is 377 g/mol. The maximum absolute atomic E-state index is 13.0. The van der Waals surface area contributed by atoms with Crippen molar-refractivity contribution in [2.24, 2.45) is 5.41 Å². The molecule has 0 aromatic heterocycles. The molecule has 6 nitrogen and oxygen atoms in total. The standard InChI is InChI=1S/C20H28FN3O3/c1-27-12-11-24-15-20(9-7-19(24)26)8-2-10-23(14-20)13-18(25)22-17-5-3-16(21)4-6-17/h3-6H,2,7-15H2,1H3,(H,22,25)/t20-/m0/s1. The Kier molecular flexibility index (Phi) is 6.44. The molecule has 0 aliphatic carbocycles. The van der Waals surface area contributed by atoms with Crippen LogP contribution in [0, 0.1) is 11.2 Å². The number of carbonyl (C=O) groups excluding carboxylic acids is 2. The van der Waals surface area contributed by atoms with Crippen LogP contribution in [0.1, 0.15) is 25.7 Å². The van der Waals surface area contributed by atoms with Crippen molar-refractivity contribution in [3.63, 3.8) is 0 Å². The second-order valence-electron chi connectivity index (χ2n) is 7.68. The fourth-order valence-electron chi connectivity index (χ4n) is 4.22. The van der Waals surface area contributed by atoms with Crippen LogP contribution in [0.2, 0.25) is 0 Å². The van der Waals surface area contributed by atoms with E-state index in [1.807, 2.05) is 4.90 Å². The quantitative estimate of drug-likeness (QED) is 0.825. The van der Waals surface area contributed by atoms with E-state index >= 15 is 0 Å². The first-order valence-corrected chi connectivity index (χ1v) is 9.54. The first-order valence-electron chi connectivity index (χ1n) is 9.54. The first-order chi connectivity index (χ1) is 13.0. The second-order valence-corrected chi connectivity index (χ2v) is 7.68. The smallest absolute Gasteiger partial charge is 0.238 e. The molecule has 1 atom stereocenters. The minimum Gasteiger partial charge on any atom is -0.383 e. The Bertz CT molecular complexity index is 667. The third kappa shape index (κ3) is 5.26. The minimum absolute atomic E-state index is 0.0655. The molecule has 1 aromatic carbocycles. The highest BCUT2D eigenvalue weighted by molar-refractivity contribution is 5.92. The van der Waals surface area contributed by atoms with Gasteiger partial charge in [-0.05, 0) is 50.1 Å². The molecule has 1 spiro atoms. The molecule has 2 fully saturated rings. The van der Waals surface area contributed by atoms with Gasteiger partial charge in [0.2, 0.25) is 11.8 Å². The van der Waals surface area contributed by atoms with E-state index < -0.39 is 0 Å². The molecule has 3 rings (SSSR count). The lowest BCUT2D eigenvalue weighted by atomic mass is 9.73. The van der Waals surface area contributed by atoms with Crippen molar-refractivity contribution < 1.29 is 18.7 Å². The van der Waals surface area contributed by atoms with Crippen LogP contribution in [-0.2, 0) is 14.3 Å². The summed E-state index contributed by atoms with van der Waals surface area (Å²) in [5.74, 6) is -0.221. The van der Waals surface area contributed by atoms with Crippen molar-refractivity contribution >= 4 is 17.5 Å². The van der Waals surface area contributed by atoms with Crippen LogP contribution in [0.15, 0.2) is 24.3 Å². The van der Waals surface area contributed by atoms with Gasteiger partial charge in [-0.1, -0.05) is 0 Å². The molecule has 2 aliphatic heterocycles. The van der Waals surface area contributed by atoms with Crippen LogP contribution >= 0.6 is 0 Å². The lowest BCUT2D eigenvalue weighted by Gasteiger charge is -2.48. The molecule has 0 saturated carbocycles. The summed E-state index contributed by atoms with van der Waals surface area (Å²) in [5, 5.41) is 2.82. The molecule has 0 radical (unpaired) electrons. The number of hydrogen-bond donors (Lipinski definition) is 1. The summed E-state index contributed by atoms with van der Waals surface area (Å²) in [6, 6.07) is 5.79. The number of piperidine rings is 2. The predicted octanol–water partition coefficient (Wildman–Crippen LogP) is 2.12. The van der Waals surface area contributed by atoms with Gasteiger partial charge in [0.05, 0.1) is 13.2 Å². The van der Waals surface area contributed by atoms with Gasteiger partial charge in [0.1, 0.15) is 5.82 Å². The number of methoxy groups -OCH3 is 1. The summed E-state index contributed by atoms with van der Waals surface area (Å²) in [6.45, 7) is 3.93. The molecular weight excluding hydrogens is 349 g/mol. The van der Waals surface area contributed by atoms with Gasteiger partial charge in [-0.15, -0.1) is 0 Å². The summed E-state index contributed by atoms with van der Waals surface area (Å²) in [4.78, 5) is 28.6. The Morgan fingerprint density at radius 3 is 2.78 bits per heavy atom. The Labute approximate surface area is 159 Å². The van der Waals surface area contributed by atoms with Crippen LogP contribution < -0.4 is 5.32 Å². The van der Waals surface area contributed by atoms with Crippen LogP contribution in [0.4, 0.5) is 10.1 Å². The number of ether oxygens (including phenoxy) is 1. The summed E-state index contributed by atoms with van der Waals surface area (Å²) in [6.07, 6.45) is 3.56. The van der Waals surface area contributed by atoms with Gasteiger partial charge in [-0.2, -0.15) is 0 Å². The number of benzene rings is 1. The van der Waals surface area contributed by atoms with Crippen LogP contribution in [0.25, 0.3) is 0 Å². The van der Waals surface area contributed by atoms with E-state index in [1.165, 1.54) is 12.1 Å². The fourth-order valence-corrected chi connectivity index (χ4v) is 4.22. The summed E-state index contributed by atoms with van der Waals surface area (Å²) in [7, 11) is 1.65. The lowest BCUT2D eigenvalue weighted by molar-refractivity contribution is -0.140. The number of nitrogens with zero attached hydrogens (tertiary/aromatic N) is 2. The number of nitrogens with one attached hydrogen (secondary N) is 1. The zero-order chi connectivity index (χ0) is 19.3. The SMILES string of the molecule is COCCN1C[C@@]2(CCCN(CC(=O)Nc3ccc(F)cc3)C2)CCC1=O. The first kappa shape index (κ1) is 19.8. The van der Waals surface area contributed by atoms with Gasteiger partial charge >= 0.3 is 0 Å². The maximum atomic E-state index is 13.0. The van der Waals surface area contributed by atoms with Gasteiger partial charge in [-0.25, -0.2) is 4.39 Å². The number of rotatable bonds is 6. The van der Waals surface area contributed by atoms with Gasteiger partial charge in [0.15, 0.2) is 0 Å². The number of anilines is 1. The normalized spacial score (nSPS) is 23.6. The zero-order valence-corrected chi connectivity index (χ0v) is 15.9. The molecule has 2 saturated heterocycles. The molecule has 7 heteroatoms. The Hall–Kier alpha value is -1.99. The number of likely N-dealkylation sites (tertiary alicyclic amines) is 2. The predicted molar refractivity (Wildman–Crippen MR) is 101 cm³/mol. The van der Waals surface area contributed by atoms with E-state index in [9.17, 15) is 14.0 Å².